The van der Waals surface area contributed by atoms with Crippen LogP contribution in [0.3, 0.4) is 0 Å². The number of ether oxygens (including phenoxy) is 1. The van der Waals surface area contributed by atoms with Crippen molar-refractivity contribution in [3.8, 4) is 0 Å². The molecule has 1 aliphatic rings. The maximum atomic E-state index is 10.1. The minimum Gasteiger partial charge on any atom is -0.501 e. The predicted octanol–water partition coefficient (Wildman–Crippen LogP) is 1.63. The molecule has 0 saturated heterocycles. The Morgan fingerprint density at radius 3 is 3.20 bits per heavy atom. The van der Waals surface area contributed by atoms with Crippen LogP contribution >= 0.6 is 0 Å². The van der Waals surface area contributed by atoms with Crippen molar-refractivity contribution in [3.05, 3.63) is 30.1 Å². The molecule has 1 N–H and O–H groups in total. The van der Waals surface area contributed by atoms with Gasteiger partial charge in [-0.25, -0.2) is 4.98 Å². The molecule has 0 aliphatic carbocycles. The zero-order valence-corrected chi connectivity index (χ0v) is 8.89. The van der Waals surface area contributed by atoms with Crippen molar-refractivity contribution in [3.63, 3.8) is 0 Å². The van der Waals surface area contributed by atoms with E-state index in [2.05, 4.69) is 4.98 Å². The molecule has 1 aliphatic heterocycles. The largest absolute Gasteiger partial charge is 0.501 e. The van der Waals surface area contributed by atoms with E-state index in [1.807, 2.05) is 11.5 Å². The van der Waals surface area contributed by atoms with Gasteiger partial charge in [0.15, 0.2) is 0 Å². The molecule has 0 fully saturated rings. The van der Waals surface area contributed by atoms with Crippen molar-refractivity contribution in [2.24, 2.45) is 0 Å². The third kappa shape index (κ3) is 2.04. The minimum atomic E-state index is -0.576. The number of hydrogen-bond acceptors (Lipinski definition) is 3. The summed E-state index contributed by atoms with van der Waals surface area (Å²) in [5.41, 5.74) is 1.78. The lowest BCUT2D eigenvalue weighted by molar-refractivity contribution is 0.165. The van der Waals surface area contributed by atoms with Crippen molar-refractivity contribution < 1.29 is 9.84 Å². The SMILES string of the molecule is CCn1cncc1C(O)C1=COCCC1. The molecular formula is C11H16N2O2. The van der Waals surface area contributed by atoms with E-state index in [1.165, 1.54) is 0 Å². The summed E-state index contributed by atoms with van der Waals surface area (Å²) in [7, 11) is 0. The zero-order valence-electron chi connectivity index (χ0n) is 8.89. The first-order chi connectivity index (χ1) is 7.33. The highest BCUT2D eigenvalue weighted by Crippen LogP contribution is 2.27. The molecule has 2 rings (SSSR count). The Hall–Kier alpha value is -1.29. The number of imidazole rings is 1. The molecule has 1 aromatic heterocycles. The monoisotopic (exact) mass is 208 g/mol. The van der Waals surface area contributed by atoms with Crippen LogP contribution in [0.2, 0.25) is 0 Å². The van der Waals surface area contributed by atoms with Gasteiger partial charge in [-0.3, -0.25) is 0 Å². The summed E-state index contributed by atoms with van der Waals surface area (Å²) >= 11 is 0. The lowest BCUT2D eigenvalue weighted by Crippen LogP contribution is -2.11. The third-order valence-electron chi connectivity index (χ3n) is 2.68. The Balaban J connectivity index is 2.19. The van der Waals surface area contributed by atoms with Gasteiger partial charge in [0.05, 0.1) is 31.1 Å². The fraction of sp³-hybridized carbons (Fsp3) is 0.545. The molecule has 0 aromatic carbocycles. The molecule has 0 saturated carbocycles. The second-order valence-corrected chi connectivity index (χ2v) is 3.67. The number of nitrogens with zero attached hydrogens (tertiary/aromatic N) is 2. The van der Waals surface area contributed by atoms with Crippen molar-refractivity contribution in [2.45, 2.75) is 32.4 Å². The predicted molar refractivity (Wildman–Crippen MR) is 56.1 cm³/mol. The Bertz CT molecular complexity index is 357. The van der Waals surface area contributed by atoms with Crippen molar-refractivity contribution in [1.29, 1.82) is 0 Å². The van der Waals surface area contributed by atoms with E-state index in [4.69, 9.17) is 4.74 Å². The molecule has 0 amide bonds. The van der Waals surface area contributed by atoms with Gasteiger partial charge < -0.3 is 14.4 Å². The number of aliphatic hydroxyl groups excluding tert-OH is 1. The molecule has 4 nitrogen and oxygen atoms in total. The molecule has 15 heavy (non-hydrogen) atoms. The lowest BCUT2D eigenvalue weighted by Gasteiger charge is -2.19. The molecule has 2 heterocycles. The van der Waals surface area contributed by atoms with Gasteiger partial charge in [-0.1, -0.05) is 0 Å². The second-order valence-electron chi connectivity index (χ2n) is 3.67. The zero-order chi connectivity index (χ0) is 10.7. The fourth-order valence-corrected chi connectivity index (χ4v) is 1.80. The Kier molecular flexibility index (Phi) is 3.06. The summed E-state index contributed by atoms with van der Waals surface area (Å²) in [6, 6.07) is 0. The standard InChI is InChI=1S/C11H16N2O2/c1-2-13-8-12-6-10(13)11(14)9-4-3-5-15-7-9/h6-8,11,14H,2-5H2,1H3. The number of rotatable bonds is 3. The van der Waals surface area contributed by atoms with Crippen LogP contribution in [0, 0.1) is 0 Å². The van der Waals surface area contributed by atoms with Gasteiger partial charge in [0, 0.05) is 6.54 Å². The van der Waals surface area contributed by atoms with Crippen LogP contribution in [-0.4, -0.2) is 21.3 Å². The topological polar surface area (TPSA) is 47.3 Å². The summed E-state index contributed by atoms with van der Waals surface area (Å²) < 4.78 is 7.17. The van der Waals surface area contributed by atoms with Crippen LogP contribution in [-0.2, 0) is 11.3 Å². The van der Waals surface area contributed by atoms with Crippen LogP contribution in [0.15, 0.2) is 24.4 Å². The molecule has 82 valence electrons. The first-order valence-corrected chi connectivity index (χ1v) is 5.31. The lowest BCUT2D eigenvalue weighted by atomic mass is 10.0. The van der Waals surface area contributed by atoms with E-state index in [0.29, 0.717) is 0 Å². The summed E-state index contributed by atoms with van der Waals surface area (Å²) in [6.45, 7) is 3.60. The highest BCUT2D eigenvalue weighted by molar-refractivity contribution is 5.18. The van der Waals surface area contributed by atoms with Gasteiger partial charge in [0.25, 0.3) is 0 Å². The number of aliphatic hydroxyl groups is 1. The van der Waals surface area contributed by atoms with Crippen molar-refractivity contribution in [1.82, 2.24) is 9.55 Å². The number of aryl methyl sites for hydroxylation is 1. The molecule has 1 atom stereocenters. The Morgan fingerprint density at radius 2 is 2.53 bits per heavy atom. The van der Waals surface area contributed by atoms with Gasteiger partial charge in [-0.15, -0.1) is 0 Å². The van der Waals surface area contributed by atoms with Crippen LogP contribution in [0.25, 0.3) is 0 Å². The average molecular weight is 208 g/mol. The maximum Gasteiger partial charge on any atom is 0.120 e. The molecule has 4 heteroatoms. The van der Waals surface area contributed by atoms with Crippen molar-refractivity contribution >= 4 is 0 Å². The summed E-state index contributed by atoms with van der Waals surface area (Å²) in [5, 5.41) is 10.1. The van der Waals surface area contributed by atoms with Gasteiger partial charge in [-0.05, 0) is 25.3 Å². The quantitative estimate of drug-likeness (QED) is 0.821. The molecule has 1 aromatic rings. The van der Waals surface area contributed by atoms with Gasteiger partial charge in [0.2, 0.25) is 0 Å². The molecular weight excluding hydrogens is 192 g/mol. The first kappa shape index (κ1) is 10.2. The van der Waals surface area contributed by atoms with E-state index in [1.54, 1.807) is 18.8 Å². The minimum absolute atomic E-state index is 0.576. The van der Waals surface area contributed by atoms with Crippen LogP contribution < -0.4 is 0 Å². The summed E-state index contributed by atoms with van der Waals surface area (Å²) in [6.07, 6.45) is 6.43. The highest BCUT2D eigenvalue weighted by atomic mass is 16.5. The number of aromatic nitrogens is 2. The van der Waals surface area contributed by atoms with E-state index in [9.17, 15) is 5.11 Å². The normalized spacial score (nSPS) is 18.1. The highest BCUT2D eigenvalue weighted by Gasteiger charge is 2.19. The molecule has 0 spiro atoms. The van der Waals surface area contributed by atoms with Gasteiger partial charge >= 0.3 is 0 Å². The van der Waals surface area contributed by atoms with E-state index >= 15 is 0 Å². The average Bonchev–Trinajstić information content (AvgIpc) is 2.77. The smallest absolute Gasteiger partial charge is 0.120 e. The molecule has 1 unspecified atom stereocenters. The van der Waals surface area contributed by atoms with Gasteiger partial charge in [-0.2, -0.15) is 0 Å². The summed E-state index contributed by atoms with van der Waals surface area (Å²) in [4.78, 5) is 4.04. The first-order valence-electron chi connectivity index (χ1n) is 5.31. The van der Waals surface area contributed by atoms with Gasteiger partial charge in [0.1, 0.15) is 6.10 Å². The number of hydrogen-bond donors (Lipinski definition) is 1. The van der Waals surface area contributed by atoms with E-state index in [-0.39, 0.29) is 0 Å². The fourth-order valence-electron chi connectivity index (χ4n) is 1.80. The summed E-state index contributed by atoms with van der Waals surface area (Å²) in [5.74, 6) is 0. The van der Waals surface area contributed by atoms with E-state index in [0.717, 1.165) is 37.3 Å². The van der Waals surface area contributed by atoms with Crippen LogP contribution in [0.5, 0.6) is 0 Å². The maximum absolute atomic E-state index is 10.1. The second kappa shape index (κ2) is 4.49. The van der Waals surface area contributed by atoms with Crippen LogP contribution in [0.4, 0.5) is 0 Å². The van der Waals surface area contributed by atoms with Crippen molar-refractivity contribution in [2.75, 3.05) is 6.61 Å². The molecule has 0 bridgehead atoms. The Labute approximate surface area is 89.2 Å². The third-order valence-corrected chi connectivity index (χ3v) is 2.68. The van der Waals surface area contributed by atoms with E-state index < -0.39 is 6.10 Å². The Morgan fingerprint density at radius 1 is 1.67 bits per heavy atom. The van der Waals surface area contributed by atoms with Crippen LogP contribution in [0.1, 0.15) is 31.6 Å². The molecule has 0 radical (unpaired) electrons.